The Hall–Kier alpha value is -2.07. The Morgan fingerprint density at radius 3 is 2.21 bits per heavy atom. The van der Waals surface area contributed by atoms with Gasteiger partial charge < -0.3 is 14.3 Å². The molecule has 2 fully saturated rings. The fourth-order valence-electron chi connectivity index (χ4n) is 9.46. The fourth-order valence-corrected chi connectivity index (χ4v) is 9.46. The molecule has 1 N–H and O–H groups in total. The lowest BCUT2D eigenvalue weighted by Gasteiger charge is -2.49. The maximum atomic E-state index is 6.36. The normalized spacial score (nSPS) is 27.4. The smallest absolute Gasteiger partial charge is 0.134 e. The van der Waals surface area contributed by atoms with Gasteiger partial charge in [0.05, 0.1) is 17.3 Å². The number of furan rings is 1. The molecule has 2 aromatic heterocycles. The van der Waals surface area contributed by atoms with Crippen LogP contribution in [0.25, 0.3) is 22.2 Å². The van der Waals surface area contributed by atoms with Gasteiger partial charge >= 0.3 is 0 Å². The van der Waals surface area contributed by atoms with Gasteiger partial charge in [-0.15, -0.1) is 0 Å². The first-order valence-corrected chi connectivity index (χ1v) is 18.1. The summed E-state index contributed by atoms with van der Waals surface area (Å²) >= 11 is 0. The van der Waals surface area contributed by atoms with Crippen molar-refractivity contribution in [2.24, 2.45) is 48.5 Å². The predicted molar refractivity (Wildman–Crippen MR) is 182 cm³/mol. The number of benzene rings is 1. The van der Waals surface area contributed by atoms with Crippen molar-refractivity contribution in [3.05, 3.63) is 42.0 Å². The van der Waals surface area contributed by atoms with Crippen LogP contribution in [-0.2, 0) is 13.5 Å². The van der Waals surface area contributed by atoms with E-state index in [0.717, 1.165) is 47.1 Å². The van der Waals surface area contributed by atoms with Gasteiger partial charge in [-0.25, -0.2) is 4.98 Å². The van der Waals surface area contributed by atoms with Crippen molar-refractivity contribution < 1.29 is 4.42 Å². The van der Waals surface area contributed by atoms with E-state index in [0.29, 0.717) is 23.8 Å². The minimum absolute atomic E-state index is 0.259. The van der Waals surface area contributed by atoms with Crippen molar-refractivity contribution >= 4 is 11.0 Å². The first-order chi connectivity index (χ1) is 20.8. The molecule has 5 rings (SSSR count). The summed E-state index contributed by atoms with van der Waals surface area (Å²) in [6.45, 7) is 16.9. The highest BCUT2D eigenvalue weighted by atomic mass is 16.3. The van der Waals surface area contributed by atoms with Crippen molar-refractivity contribution in [1.29, 1.82) is 0 Å². The maximum absolute atomic E-state index is 6.36. The van der Waals surface area contributed by atoms with Crippen molar-refractivity contribution in [1.82, 2.24) is 14.9 Å². The Bertz CT molecular complexity index is 1300. The molecule has 0 saturated heterocycles. The Kier molecular flexibility index (Phi) is 10.8. The number of nitrogens with zero attached hydrogens (tertiary/aromatic N) is 2. The van der Waals surface area contributed by atoms with Crippen LogP contribution in [0.15, 0.2) is 34.9 Å². The summed E-state index contributed by atoms with van der Waals surface area (Å²) in [7, 11) is 2.25. The highest BCUT2D eigenvalue weighted by Crippen LogP contribution is 2.49. The molecule has 0 spiro atoms. The van der Waals surface area contributed by atoms with E-state index in [1.807, 2.05) is 0 Å². The first-order valence-electron chi connectivity index (χ1n) is 18.1. The van der Waals surface area contributed by atoms with Gasteiger partial charge in [-0.05, 0) is 73.2 Å². The molecule has 43 heavy (non-hydrogen) atoms. The number of rotatable bonds is 12. The highest BCUT2D eigenvalue weighted by Gasteiger charge is 2.45. The van der Waals surface area contributed by atoms with Crippen LogP contribution in [0.1, 0.15) is 130 Å². The average molecular weight is 588 g/mol. The monoisotopic (exact) mass is 587 g/mol. The number of fused-ring (bicyclic) bond motifs is 1. The third-order valence-corrected chi connectivity index (χ3v) is 11.5. The van der Waals surface area contributed by atoms with Gasteiger partial charge in [0, 0.05) is 31.1 Å². The zero-order valence-electron chi connectivity index (χ0n) is 28.7. The number of nitrogens with one attached hydrogen (secondary N) is 1. The molecular weight excluding hydrogens is 526 g/mol. The summed E-state index contributed by atoms with van der Waals surface area (Å²) in [5.41, 5.74) is 3.23. The van der Waals surface area contributed by atoms with Crippen molar-refractivity contribution in [3.8, 4) is 11.3 Å². The quantitative estimate of drug-likeness (QED) is 0.229. The topological polar surface area (TPSA) is 43.0 Å². The Labute approximate surface area is 262 Å². The van der Waals surface area contributed by atoms with Crippen molar-refractivity contribution in [2.75, 3.05) is 0 Å². The second-order valence-electron chi connectivity index (χ2n) is 14.9. The van der Waals surface area contributed by atoms with Gasteiger partial charge in [-0.3, -0.25) is 0 Å². The third kappa shape index (κ3) is 6.65. The van der Waals surface area contributed by atoms with E-state index in [2.05, 4.69) is 95.9 Å². The number of aryl methyl sites for hydroxylation is 2. The zero-order valence-corrected chi connectivity index (χ0v) is 28.7. The van der Waals surface area contributed by atoms with E-state index < -0.39 is 0 Å². The summed E-state index contributed by atoms with van der Waals surface area (Å²) in [5, 5.41) is 5.73. The fraction of sp³-hybridized carbons (Fsp3) is 0.718. The van der Waals surface area contributed by atoms with Crippen LogP contribution in [0.4, 0.5) is 0 Å². The third-order valence-electron chi connectivity index (χ3n) is 11.5. The van der Waals surface area contributed by atoms with Crippen LogP contribution >= 0.6 is 0 Å². The SMILES string of the molecule is CCCC1CCCC(C(C)C)C1NC(c1nc(-c2c(CC)oc3ccccc23)cn1C)C1C(CCC)CCCC1C(C)C. The van der Waals surface area contributed by atoms with E-state index >= 15 is 0 Å². The first kappa shape index (κ1) is 32.3. The average Bonchev–Trinajstić information content (AvgIpc) is 3.56. The molecule has 2 aliphatic carbocycles. The molecule has 2 heterocycles. The van der Waals surface area contributed by atoms with E-state index in [1.54, 1.807) is 0 Å². The number of aromatic nitrogens is 2. The second kappa shape index (κ2) is 14.4. The summed E-state index contributed by atoms with van der Waals surface area (Å²) in [5.74, 6) is 7.20. The lowest BCUT2D eigenvalue weighted by Crippen LogP contribution is -2.52. The molecule has 0 aliphatic heterocycles. The predicted octanol–water partition coefficient (Wildman–Crippen LogP) is 10.8. The molecule has 0 radical (unpaired) electrons. The van der Waals surface area contributed by atoms with Gasteiger partial charge in [-0.2, -0.15) is 0 Å². The van der Waals surface area contributed by atoms with E-state index in [-0.39, 0.29) is 6.04 Å². The van der Waals surface area contributed by atoms with Crippen molar-refractivity contribution in [2.45, 2.75) is 131 Å². The molecule has 3 aromatic rings. The van der Waals surface area contributed by atoms with Crippen LogP contribution < -0.4 is 5.32 Å². The van der Waals surface area contributed by atoms with Crippen LogP contribution in [0.2, 0.25) is 0 Å². The van der Waals surface area contributed by atoms with Gasteiger partial charge in [0.25, 0.3) is 0 Å². The van der Waals surface area contributed by atoms with Gasteiger partial charge in [0.1, 0.15) is 17.2 Å². The lowest BCUT2D eigenvalue weighted by molar-refractivity contribution is 0.0401. The number of imidazole rings is 1. The Balaban J connectivity index is 1.65. The molecule has 7 atom stereocenters. The summed E-state index contributed by atoms with van der Waals surface area (Å²) in [4.78, 5) is 5.62. The van der Waals surface area contributed by atoms with Gasteiger partial charge in [0.2, 0.25) is 0 Å². The van der Waals surface area contributed by atoms with Crippen molar-refractivity contribution in [3.63, 3.8) is 0 Å². The van der Waals surface area contributed by atoms with Crippen LogP contribution in [0, 0.1) is 41.4 Å². The Morgan fingerprint density at radius 1 is 0.884 bits per heavy atom. The van der Waals surface area contributed by atoms with Crippen LogP contribution in [0.5, 0.6) is 0 Å². The molecule has 4 heteroatoms. The number of para-hydroxylation sites is 1. The van der Waals surface area contributed by atoms with Crippen LogP contribution in [-0.4, -0.2) is 15.6 Å². The number of hydrogen-bond donors (Lipinski definition) is 1. The molecule has 0 bridgehead atoms. The lowest BCUT2D eigenvalue weighted by atomic mass is 9.63. The molecular formula is C39H61N3O. The summed E-state index contributed by atoms with van der Waals surface area (Å²) < 4.78 is 8.74. The molecule has 0 amide bonds. The van der Waals surface area contributed by atoms with Crippen LogP contribution in [0.3, 0.4) is 0 Å². The minimum atomic E-state index is 0.259. The molecule has 7 unspecified atom stereocenters. The van der Waals surface area contributed by atoms with Gasteiger partial charge in [0.15, 0.2) is 0 Å². The zero-order chi connectivity index (χ0) is 30.7. The van der Waals surface area contributed by atoms with Gasteiger partial charge in [-0.1, -0.05) is 105 Å². The number of hydrogen-bond acceptors (Lipinski definition) is 3. The maximum Gasteiger partial charge on any atom is 0.134 e. The summed E-state index contributed by atoms with van der Waals surface area (Å²) in [6.07, 6.45) is 16.5. The Morgan fingerprint density at radius 2 is 1.53 bits per heavy atom. The molecule has 2 aliphatic rings. The molecule has 238 valence electrons. The van der Waals surface area contributed by atoms with E-state index in [1.165, 1.54) is 81.0 Å². The summed E-state index contributed by atoms with van der Waals surface area (Å²) in [6, 6.07) is 9.31. The highest BCUT2D eigenvalue weighted by molar-refractivity contribution is 5.94. The largest absolute Gasteiger partial charge is 0.460 e. The minimum Gasteiger partial charge on any atom is -0.460 e. The van der Waals surface area contributed by atoms with E-state index in [9.17, 15) is 0 Å². The molecule has 2 saturated carbocycles. The molecule has 1 aromatic carbocycles. The van der Waals surface area contributed by atoms with E-state index in [4.69, 9.17) is 9.40 Å². The standard InChI is InChI=1S/C39H61N3O/c1-9-16-27-18-14-21-29(25(4)5)35(27)38(41-37-28(17-10-2)19-15-22-30(37)26(6)7)39-40-32(24-42(39)8)36-31-20-12-13-23-34(31)43-33(36)11-3/h12-13,20,23-30,35,37-38,41H,9-11,14-19,21-22H2,1-8H3. The second-order valence-corrected chi connectivity index (χ2v) is 14.9. The molecule has 4 nitrogen and oxygen atoms in total.